The SMILES string of the molecule is CCn1c(CN2CCC(CO)C2)nc2cc(F)ccc21. The average molecular weight is 277 g/mol. The molecule has 1 unspecified atom stereocenters. The molecule has 1 N–H and O–H groups in total. The lowest BCUT2D eigenvalue weighted by atomic mass is 10.1. The lowest BCUT2D eigenvalue weighted by molar-refractivity contribution is 0.218. The second-order valence-electron chi connectivity index (χ2n) is 5.48. The monoisotopic (exact) mass is 277 g/mol. The maximum atomic E-state index is 13.3. The van der Waals surface area contributed by atoms with Crippen LogP contribution in [-0.4, -0.2) is 39.3 Å². The van der Waals surface area contributed by atoms with Crippen LogP contribution in [0.1, 0.15) is 19.2 Å². The van der Waals surface area contributed by atoms with Gasteiger partial charge in [-0.1, -0.05) is 0 Å². The molecule has 5 heteroatoms. The highest BCUT2D eigenvalue weighted by Gasteiger charge is 2.23. The van der Waals surface area contributed by atoms with Crippen LogP contribution >= 0.6 is 0 Å². The van der Waals surface area contributed by atoms with E-state index >= 15 is 0 Å². The number of imidazole rings is 1. The smallest absolute Gasteiger partial charge is 0.125 e. The molecule has 1 aliphatic heterocycles. The van der Waals surface area contributed by atoms with Crippen molar-refractivity contribution in [2.24, 2.45) is 5.92 Å². The number of aromatic nitrogens is 2. The molecule has 1 fully saturated rings. The zero-order valence-corrected chi connectivity index (χ0v) is 11.7. The third-order valence-corrected chi connectivity index (χ3v) is 4.10. The van der Waals surface area contributed by atoms with E-state index in [0.717, 1.165) is 49.5 Å². The van der Waals surface area contributed by atoms with E-state index in [1.54, 1.807) is 6.07 Å². The van der Waals surface area contributed by atoms with Crippen LogP contribution in [0.5, 0.6) is 0 Å². The number of hydrogen-bond donors (Lipinski definition) is 1. The maximum absolute atomic E-state index is 13.3. The zero-order valence-electron chi connectivity index (χ0n) is 11.7. The van der Waals surface area contributed by atoms with Gasteiger partial charge in [-0.15, -0.1) is 0 Å². The van der Waals surface area contributed by atoms with Crippen LogP contribution in [0.25, 0.3) is 11.0 Å². The summed E-state index contributed by atoms with van der Waals surface area (Å²) >= 11 is 0. The summed E-state index contributed by atoms with van der Waals surface area (Å²) in [6.07, 6.45) is 1.04. The van der Waals surface area contributed by atoms with Gasteiger partial charge in [-0.2, -0.15) is 0 Å². The van der Waals surface area contributed by atoms with E-state index in [4.69, 9.17) is 0 Å². The molecule has 0 radical (unpaired) electrons. The lowest BCUT2D eigenvalue weighted by Crippen LogP contribution is -2.23. The average Bonchev–Trinajstić information content (AvgIpc) is 3.02. The predicted molar refractivity (Wildman–Crippen MR) is 75.8 cm³/mol. The van der Waals surface area contributed by atoms with Gasteiger partial charge in [-0.05, 0) is 37.9 Å². The highest BCUT2D eigenvalue weighted by atomic mass is 19.1. The Labute approximate surface area is 117 Å². The van der Waals surface area contributed by atoms with Crippen LogP contribution in [-0.2, 0) is 13.1 Å². The van der Waals surface area contributed by atoms with Crippen LogP contribution in [0.4, 0.5) is 4.39 Å². The van der Waals surface area contributed by atoms with E-state index < -0.39 is 0 Å². The largest absolute Gasteiger partial charge is 0.396 e. The first kappa shape index (κ1) is 13.5. The van der Waals surface area contributed by atoms with Gasteiger partial charge in [-0.3, -0.25) is 4.90 Å². The number of likely N-dealkylation sites (tertiary alicyclic amines) is 1. The molecule has 3 rings (SSSR count). The van der Waals surface area contributed by atoms with Crippen LogP contribution < -0.4 is 0 Å². The minimum atomic E-state index is -0.244. The van der Waals surface area contributed by atoms with Gasteiger partial charge in [0, 0.05) is 25.8 Å². The van der Waals surface area contributed by atoms with Gasteiger partial charge in [0.15, 0.2) is 0 Å². The summed E-state index contributed by atoms with van der Waals surface area (Å²) in [5.74, 6) is 1.12. The molecular formula is C15H20FN3O. The molecule has 4 nitrogen and oxygen atoms in total. The fourth-order valence-corrected chi connectivity index (χ4v) is 3.03. The van der Waals surface area contributed by atoms with Gasteiger partial charge in [0.1, 0.15) is 11.6 Å². The standard InChI is InChI=1S/C15H20FN3O/c1-2-19-14-4-3-12(16)7-13(14)17-15(19)9-18-6-5-11(8-18)10-20/h3-4,7,11,20H,2,5-6,8-10H2,1H3. The predicted octanol–water partition coefficient (Wildman–Crippen LogP) is 2.01. The Kier molecular flexibility index (Phi) is 3.72. The molecule has 1 atom stereocenters. The minimum absolute atomic E-state index is 0.244. The van der Waals surface area contributed by atoms with Gasteiger partial charge in [0.25, 0.3) is 0 Å². The van der Waals surface area contributed by atoms with E-state index in [1.807, 2.05) is 0 Å². The molecule has 1 saturated heterocycles. The van der Waals surface area contributed by atoms with Crippen molar-refractivity contribution in [1.82, 2.24) is 14.5 Å². The van der Waals surface area contributed by atoms with Crippen molar-refractivity contribution >= 4 is 11.0 Å². The molecule has 0 amide bonds. The Hall–Kier alpha value is -1.46. The second kappa shape index (κ2) is 5.50. The van der Waals surface area contributed by atoms with E-state index in [9.17, 15) is 9.50 Å². The van der Waals surface area contributed by atoms with Crippen molar-refractivity contribution in [2.45, 2.75) is 26.4 Å². The summed E-state index contributed by atoms with van der Waals surface area (Å²) in [5.41, 5.74) is 1.71. The van der Waals surface area contributed by atoms with Crippen molar-refractivity contribution in [2.75, 3.05) is 19.7 Å². The number of hydrogen-bond acceptors (Lipinski definition) is 3. The topological polar surface area (TPSA) is 41.3 Å². The van der Waals surface area contributed by atoms with Crippen molar-refractivity contribution in [3.8, 4) is 0 Å². The summed E-state index contributed by atoms with van der Waals surface area (Å²) in [6.45, 7) is 5.83. The molecule has 1 aliphatic rings. The first-order valence-electron chi connectivity index (χ1n) is 7.19. The lowest BCUT2D eigenvalue weighted by Gasteiger charge is -2.16. The summed E-state index contributed by atoms with van der Waals surface area (Å²) < 4.78 is 15.4. The first-order chi connectivity index (χ1) is 9.71. The minimum Gasteiger partial charge on any atom is -0.396 e. The van der Waals surface area contributed by atoms with E-state index in [2.05, 4.69) is 21.4 Å². The zero-order chi connectivity index (χ0) is 14.1. The molecule has 0 bridgehead atoms. The summed E-state index contributed by atoms with van der Waals surface area (Å²) in [6, 6.07) is 4.77. The van der Waals surface area contributed by atoms with E-state index in [-0.39, 0.29) is 12.4 Å². The van der Waals surface area contributed by atoms with Crippen LogP contribution in [0.3, 0.4) is 0 Å². The number of benzene rings is 1. The van der Waals surface area contributed by atoms with Gasteiger partial charge < -0.3 is 9.67 Å². The molecule has 1 aromatic heterocycles. The molecule has 1 aromatic carbocycles. The van der Waals surface area contributed by atoms with Crippen molar-refractivity contribution in [3.05, 3.63) is 29.8 Å². The fraction of sp³-hybridized carbons (Fsp3) is 0.533. The van der Waals surface area contributed by atoms with E-state index in [1.165, 1.54) is 12.1 Å². The molecular weight excluding hydrogens is 257 g/mol. The molecule has 2 aromatic rings. The molecule has 2 heterocycles. The van der Waals surface area contributed by atoms with Crippen molar-refractivity contribution in [3.63, 3.8) is 0 Å². The number of aliphatic hydroxyl groups is 1. The number of aliphatic hydroxyl groups excluding tert-OH is 1. The molecule has 108 valence electrons. The highest BCUT2D eigenvalue weighted by Crippen LogP contribution is 2.22. The van der Waals surface area contributed by atoms with Gasteiger partial charge in [0.05, 0.1) is 17.6 Å². The Bertz CT molecular complexity index is 610. The molecule has 0 aliphatic carbocycles. The summed E-state index contributed by atoms with van der Waals surface area (Å²) in [5, 5.41) is 9.21. The Morgan fingerprint density at radius 1 is 1.45 bits per heavy atom. The highest BCUT2D eigenvalue weighted by molar-refractivity contribution is 5.76. The number of nitrogens with zero attached hydrogens (tertiary/aromatic N) is 3. The second-order valence-corrected chi connectivity index (χ2v) is 5.48. The van der Waals surface area contributed by atoms with Crippen molar-refractivity contribution in [1.29, 1.82) is 0 Å². The van der Waals surface area contributed by atoms with Gasteiger partial charge in [0.2, 0.25) is 0 Å². The van der Waals surface area contributed by atoms with Crippen molar-refractivity contribution < 1.29 is 9.50 Å². The summed E-state index contributed by atoms with van der Waals surface area (Å²) in [7, 11) is 0. The third-order valence-electron chi connectivity index (χ3n) is 4.10. The van der Waals surface area contributed by atoms with Crippen LogP contribution in [0.15, 0.2) is 18.2 Å². The maximum Gasteiger partial charge on any atom is 0.125 e. The quantitative estimate of drug-likeness (QED) is 0.929. The summed E-state index contributed by atoms with van der Waals surface area (Å²) in [4.78, 5) is 6.89. The molecule has 0 saturated carbocycles. The fourth-order valence-electron chi connectivity index (χ4n) is 3.03. The first-order valence-corrected chi connectivity index (χ1v) is 7.19. The number of halogens is 1. The van der Waals surface area contributed by atoms with Gasteiger partial charge >= 0.3 is 0 Å². The Balaban J connectivity index is 1.87. The third kappa shape index (κ3) is 2.43. The van der Waals surface area contributed by atoms with E-state index in [0.29, 0.717) is 5.92 Å². The Morgan fingerprint density at radius 2 is 2.30 bits per heavy atom. The molecule has 20 heavy (non-hydrogen) atoms. The number of rotatable bonds is 4. The van der Waals surface area contributed by atoms with Gasteiger partial charge in [-0.25, -0.2) is 9.37 Å². The normalized spacial score (nSPS) is 20.1. The number of aryl methyl sites for hydroxylation is 1. The van der Waals surface area contributed by atoms with Crippen LogP contribution in [0.2, 0.25) is 0 Å². The van der Waals surface area contributed by atoms with Crippen LogP contribution in [0, 0.1) is 11.7 Å². The Morgan fingerprint density at radius 3 is 3.00 bits per heavy atom. The number of fused-ring (bicyclic) bond motifs is 1. The molecule has 0 spiro atoms.